The molecule has 1 saturated heterocycles. The monoisotopic (exact) mass is 492 g/mol. The lowest BCUT2D eigenvalue weighted by Gasteiger charge is -2.38. The zero-order chi connectivity index (χ0) is 26.3. The summed E-state index contributed by atoms with van der Waals surface area (Å²) >= 11 is 0. The number of allylic oxidation sites excluding steroid dienone is 1. The van der Waals surface area contributed by atoms with Gasteiger partial charge in [0.1, 0.15) is 6.04 Å². The van der Waals surface area contributed by atoms with E-state index in [1.807, 2.05) is 38.1 Å². The molecule has 1 heterocycles. The number of nitrogens with zero attached hydrogens (tertiary/aromatic N) is 2. The molecular weight excluding hydrogens is 448 g/mol. The molecule has 1 aromatic carbocycles. The van der Waals surface area contributed by atoms with Crippen LogP contribution in [-0.2, 0) is 15.0 Å². The van der Waals surface area contributed by atoms with E-state index in [2.05, 4.69) is 55.2 Å². The zero-order valence-corrected chi connectivity index (χ0v) is 22.8. The lowest BCUT2D eigenvalue weighted by Crippen LogP contribution is -2.60. The third kappa shape index (κ3) is 6.52. The molecule has 2 fully saturated rings. The lowest BCUT2D eigenvalue weighted by atomic mass is 9.86. The van der Waals surface area contributed by atoms with E-state index in [-0.39, 0.29) is 23.3 Å². The smallest absolute Gasteiger partial charge is 0.248 e. The van der Waals surface area contributed by atoms with Crippen molar-refractivity contribution in [3.8, 4) is 0 Å². The molecule has 6 nitrogen and oxygen atoms in total. The van der Waals surface area contributed by atoms with Crippen LogP contribution in [0.2, 0.25) is 0 Å². The van der Waals surface area contributed by atoms with Gasteiger partial charge in [0.05, 0.1) is 5.54 Å². The van der Waals surface area contributed by atoms with Crippen LogP contribution in [0.5, 0.6) is 0 Å². The minimum absolute atomic E-state index is 0.0209. The van der Waals surface area contributed by atoms with Gasteiger partial charge in [0, 0.05) is 23.5 Å². The number of aliphatic imine (C=N–C) groups is 1. The molecule has 196 valence electrons. The minimum Gasteiger partial charge on any atom is -0.351 e. The number of nitrogens with one attached hydrogen (secondary N) is 2. The summed E-state index contributed by atoms with van der Waals surface area (Å²) in [4.78, 5) is 34.0. The van der Waals surface area contributed by atoms with E-state index >= 15 is 0 Å². The fourth-order valence-electron chi connectivity index (χ4n) is 5.30. The van der Waals surface area contributed by atoms with Gasteiger partial charge in [-0.3, -0.25) is 19.5 Å². The van der Waals surface area contributed by atoms with Gasteiger partial charge >= 0.3 is 0 Å². The highest BCUT2D eigenvalue weighted by atomic mass is 16.2. The Bertz CT molecular complexity index is 975. The average Bonchev–Trinajstić information content (AvgIpc) is 3.30. The predicted molar refractivity (Wildman–Crippen MR) is 150 cm³/mol. The van der Waals surface area contributed by atoms with Crippen LogP contribution in [0.1, 0.15) is 85.1 Å². The molecule has 2 aliphatic rings. The summed E-state index contributed by atoms with van der Waals surface area (Å²) in [7, 11) is 0. The number of carbonyl (C=O) groups is 2. The first-order chi connectivity index (χ1) is 17.1. The van der Waals surface area contributed by atoms with E-state index in [1.54, 1.807) is 11.1 Å². The second-order valence-electron chi connectivity index (χ2n) is 11.4. The Kier molecular flexibility index (Phi) is 9.29. The molecular formula is C30H44N4O2. The molecule has 1 aliphatic heterocycles. The standard InChI is InChI=1S/C30H44N4O2/c1-7-12-22(21-31-6)26(27(35)33-24-13-9-8-10-14-24)34(28(36)30(5)19-11-20-32-30)25-17-15-23(16-18-25)29(2,3)4/h7,12,15-18,21,24,26,32H,6,8-11,13-14,19-20H2,1-5H3,(H,33,35)/b12-7-,22-21+/t26?,30-/m1/s1. The van der Waals surface area contributed by atoms with E-state index < -0.39 is 11.6 Å². The Morgan fingerprint density at radius 1 is 1.17 bits per heavy atom. The number of hydrogen-bond donors (Lipinski definition) is 2. The van der Waals surface area contributed by atoms with Gasteiger partial charge in [-0.25, -0.2) is 0 Å². The molecule has 1 aromatic rings. The van der Waals surface area contributed by atoms with Crippen molar-refractivity contribution in [2.75, 3.05) is 11.4 Å². The Morgan fingerprint density at radius 2 is 1.83 bits per heavy atom. The van der Waals surface area contributed by atoms with Gasteiger partial charge in [0.15, 0.2) is 0 Å². The van der Waals surface area contributed by atoms with E-state index in [0.29, 0.717) is 11.3 Å². The predicted octanol–water partition coefficient (Wildman–Crippen LogP) is 5.44. The van der Waals surface area contributed by atoms with Gasteiger partial charge in [-0.05, 0) is 75.9 Å². The quantitative estimate of drug-likeness (QED) is 0.375. The van der Waals surface area contributed by atoms with Crippen LogP contribution in [0, 0.1) is 0 Å². The second kappa shape index (κ2) is 12.0. The molecule has 0 bridgehead atoms. The Balaban J connectivity index is 2.12. The van der Waals surface area contributed by atoms with Gasteiger partial charge in [0.25, 0.3) is 0 Å². The van der Waals surface area contributed by atoms with Crippen molar-refractivity contribution < 1.29 is 9.59 Å². The molecule has 0 aromatic heterocycles. The van der Waals surface area contributed by atoms with E-state index in [0.717, 1.165) is 45.1 Å². The van der Waals surface area contributed by atoms with Crippen LogP contribution >= 0.6 is 0 Å². The summed E-state index contributed by atoms with van der Waals surface area (Å²) in [6.45, 7) is 14.8. The third-order valence-corrected chi connectivity index (χ3v) is 7.44. The molecule has 2 N–H and O–H groups in total. The molecule has 1 saturated carbocycles. The van der Waals surface area contributed by atoms with Gasteiger partial charge < -0.3 is 10.6 Å². The highest BCUT2D eigenvalue weighted by Gasteiger charge is 2.44. The van der Waals surface area contributed by atoms with E-state index in [4.69, 9.17) is 0 Å². The Labute approximate surface area is 217 Å². The zero-order valence-electron chi connectivity index (χ0n) is 22.8. The summed E-state index contributed by atoms with van der Waals surface area (Å²) in [5, 5.41) is 6.67. The van der Waals surface area contributed by atoms with Crippen LogP contribution in [0.3, 0.4) is 0 Å². The topological polar surface area (TPSA) is 73.8 Å². The number of benzene rings is 1. The third-order valence-electron chi connectivity index (χ3n) is 7.44. The number of hydrogen-bond acceptors (Lipinski definition) is 4. The maximum atomic E-state index is 14.3. The van der Waals surface area contributed by atoms with Crippen LogP contribution in [0.4, 0.5) is 5.69 Å². The average molecular weight is 493 g/mol. The molecule has 2 amide bonds. The molecule has 3 rings (SSSR count). The summed E-state index contributed by atoms with van der Waals surface area (Å²) in [6.07, 6.45) is 12.3. The number of carbonyl (C=O) groups excluding carboxylic acids is 2. The van der Waals surface area contributed by atoms with Crippen molar-refractivity contribution in [3.05, 3.63) is 53.8 Å². The van der Waals surface area contributed by atoms with Crippen molar-refractivity contribution in [3.63, 3.8) is 0 Å². The number of amides is 2. The lowest BCUT2D eigenvalue weighted by molar-refractivity contribution is -0.128. The summed E-state index contributed by atoms with van der Waals surface area (Å²) < 4.78 is 0. The maximum Gasteiger partial charge on any atom is 0.248 e. The first-order valence-corrected chi connectivity index (χ1v) is 13.4. The first kappa shape index (κ1) is 27.9. The summed E-state index contributed by atoms with van der Waals surface area (Å²) in [6, 6.07) is 7.30. The number of rotatable bonds is 8. The summed E-state index contributed by atoms with van der Waals surface area (Å²) in [5.41, 5.74) is 1.74. The molecule has 36 heavy (non-hydrogen) atoms. The van der Waals surface area contributed by atoms with Crippen LogP contribution < -0.4 is 15.5 Å². The van der Waals surface area contributed by atoms with Crippen LogP contribution in [0.15, 0.2) is 53.2 Å². The molecule has 0 spiro atoms. The van der Waals surface area contributed by atoms with Crippen LogP contribution in [0.25, 0.3) is 0 Å². The van der Waals surface area contributed by atoms with Gasteiger partial charge in [-0.1, -0.05) is 64.3 Å². The maximum absolute atomic E-state index is 14.3. The Hall–Kier alpha value is -2.73. The van der Waals surface area contributed by atoms with E-state index in [1.165, 1.54) is 12.0 Å². The normalized spacial score (nSPS) is 22.4. The molecule has 6 heteroatoms. The van der Waals surface area contributed by atoms with E-state index in [9.17, 15) is 9.59 Å². The highest BCUT2D eigenvalue weighted by molar-refractivity contribution is 6.07. The molecule has 2 atom stereocenters. The van der Waals surface area contributed by atoms with Gasteiger partial charge in [0.2, 0.25) is 11.8 Å². The largest absolute Gasteiger partial charge is 0.351 e. The fourth-order valence-corrected chi connectivity index (χ4v) is 5.30. The molecule has 1 aliphatic carbocycles. The van der Waals surface area contributed by atoms with Gasteiger partial charge in [-0.15, -0.1) is 0 Å². The van der Waals surface area contributed by atoms with Crippen molar-refractivity contribution >= 4 is 24.2 Å². The second-order valence-corrected chi connectivity index (χ2v) is 11.4. The van der Waals surface area contributed by atoms with Crippen molar-refractivity contribution in [2.24, 2.45) is 4.99 Å². The Morgan fingerprint density at radius 3 is 2.36 bits per heavy atom. The minimum atomic E-state index is -0.860. The fraction of sp³-hybridized carbons (Fsp3) is 0.567. The number of anilines is 1. The van der Waals surface area contributed by atoms with Crippen LogP contribution in [-0.4, -0.2) is 42.7 Å². The SMILES string of the molecule is C=N/C=C(\C=C/C)C(C(=O)NC1CCCCC1)N(C(=O)[C@@]1(C)CCCN1)c1ccc(C(C)(C)C)cc1. The van der Waals surface area contributed by atoms with Crippen molar-refractivity contribution in [1.29, 1.82) is 0 Å². The van der Waals surface area contributed by atoms with Crippen molar-refractivity contribution in [1.82, 2.24) is 10.6 Å². The first-order valence-electron chi connectivity index (χ1n) is 13.4. The molecule has 0 radical (unpaired) electrons. The molecule has 1 unspecified atom stereocenters. The highest BCUT2D eigenvalue weighted by Crippen LogP contribution is 2.32. The van der Waals surface area contributed by atoms with Crippen molar-refractivity contribution in [2.45, 2.75) is 103 Å². The summed E-state index contributed by atoms with van der Waals surface area (Å²) in [5.74, 6) is -0.281. The van der Waals surface area contributed by atoms with Gasteiger partial charge in [-0.2, -0.15) is 0 Å².